The summed E-state index contributed by atoms with van der Waals surface area (Å²) in [5, 5.41) is 10.4. The predicted octanol–water partition coefficient (Wildman–Crippen LogP) is 2.55. The molecule has 1 amide bonds. The second-order valence-electron chi connectivity index (χ2n) is 6.60. The fraction of sp³-hybridized carbons (Fsp3) is 0.529. The quantitative estimate of drug-likeness (QED) is 0.912. The second kappa shape index (κ2) is 6.48. The summed E-state index contributed by atoms with van der Waals surface area (Å²) >= 11 is 0. The first-order valence-corrected chi connectivity index (χ1v) is 7.51. The van der Waals surface area contributed by atoms with Crippen molar-refractivity contribution in [3.63, 3.8) is 0 Å². The third-order valence-corrected chi connectivity index (χ3v) is 3.63. The van der Waals surface area contributed by atoms with Crippen LogP contribution in [0.5, 0.6) is 0 Å². The highest BCUT2D eigenvalue weighted by Gasteiger charge is 2.36. The Morgan fingerprint density at radius 2 is 1.95 bits per heavy atom. The molecule has 1 fully saturated rings. The molecule has 120 valence electrons. The van der Waals surface area contributed by atoms with Crippen molar-refractivity contribution in [1.82, 2.24) is 4.90 Å². The zero-order chi connectivity index (χ0) is 16.3. The average molecular weight is 305 g/mol. The number of aliphatic hydroxyl groups is 1. The number of Topliss-reactive ketones (excluding diaryl/α,β-unsaturated/α-hetero) is 1. The number of hydrogen-bond donors (Lipinski definition) is 1. The third kappa shape index (κ3) is 4.07. The molecule has 5 heteroatoms. The summed E-state index contributed by atoms with van der Waals surface area (Å²) in [7, 11) is 0. The molecule has 1 aromatic carbocycles. The summed E-state index contributed by atoms with van der Waals surface area (Å²) in [4.78, 5) is 25.8. The maximum Gasteiger partial charge on any atom is 0.410 e. The number of ether oxygens (including phenoxy) is 1. The number of likely N-dealkylation sites (tertiary alicyclic amines) is 1. The van der Waals surface area contributed by atoms with Crippen molar-refractivity contribution in [3.8, 4) is 0 Å². The Hall–Kier alpha value is -1.88. The van der Waals surface area contributed by atoms with Gasteiger partial charge >= 0.3 is 6.09 Å². The minimum absolute atomic E-state index is 0.0174. The van der Waals surface area contributed by atoms with Crippen molar-refractivity contribution in [2.24, 2.45) is 5.92 Å². The number of carbonyl (C=O) groups is 2. The van der Waals surface area contributed by atoms with Gasteiger partial charge in [0.25, 0.3) is 0 Å². The molecule has 1 heterocycles. The molecule has 1 N–H and O–H groups in total. The van der Waals surface area contributed by atoms with Crippen molar-refractivity contribution in [3.05, 3.63) is 35.9 Å². The van der Waals surface area contributed by atoms with Crippen molar-refractivity contribution in [1.29, 1.82) is 0 Å². The largest absolute Gasteiger partial charge is 0.444 e. The molecule has 0 spiro atoms. The first-order valence-electron chi connectivity index (χ1n) is 7.51. The number of amides is 1. The van der Waals surface area contributed by atoms with Gasteiger partial charge in [0.2, 0.25) is 0 Å². The van der Waals surface area contributed by atoms with Gasteiger partial charge in [-0.15, -0.1) is 0 Å². The minimum atomic E-state index is -0.904. The zero-order valence-electron chi connectivity index (χ0n) is 13.3. The first-order chi connectivity index (χ1) is 10.3. The number of nitrogens with zero attached hydrogens (tertiary/aromatic N) is 1. The van der Waals surface area contributed by atoms with Gasteiger partial charge in [0.05, 0.1) is 12.0 Å². The van der Waals surface area contributed by atoms with Gasteiger partial charge in [-0.3, -0.25) is 4.79 Å². The molecule has 0 aliphatic carbocycles. The van der Waals surface area contributed by atoms with Crippen molar-refractivity contribution in [2.75, 3.05) is 13.1 Å². The SMILES string of the molecule is CC(C)(C)OC(=O)N1CCC(=O)[C@H]([C@@H](O)c2ccccc2)C1. The van der Waals surface area contributed by atoms with Gasteiger partial charge in [0.1, 0.15) is 11.4 Å². The van der Waals surface area contributed by atoms with Gasteiger partial charge in [-0.2, -0.15) is 0 Å². The highest BCUT2D eigenvalue weighted by atomic mass is 16.6. The normalized spacial score (nSPS) is 20.6. The maximum atomic E-state index is 12.1. The maximum absolute atomic E-state index is 12.1. The minimum Gasteiger partial charge on any atom is -0.444 e. The van der Waals surface area contributed by atoms with Crippen LogP contribution in [0.3, 0.4) is 0 Å². The Morgan fingerprint density at radius 3 is 2.55 bits per heavy atom. The molecule has 5 nitrogen and oxygen atoms in total. The highest BCUT2D eigenvalue weighted by molar-refractivity contribution is 5.84. The van der Waals surface area contributed by atoms with Crippen LogP contribution in [-0.2, 0) is 9.53 Å². The summed E-state index contributed by atoms with van der Waals surface area (Å²) in [6, 6.07) is 9.05. The number of piperidine rings is 1. The number of ketones is 1. The predicted molar refractivity (Wildman–Crippen MR) is 82.3 cm³/mol. The smallest absolute Gasteiger partial charge is 0.410 e. The number of rotatable bonds is 2. The Morgan fingerprint density at radius 1 is 1.32 bits per heavy atom. The number of hydrogen-bond acceptors (Lipinski definition) is 4. The van der Waals surface area contributed by atoms with Gasteiger partial charge in [0.15, 0.2) is 0 Å². The molecule has 0 bridgehead atoms. The van der Waals surface area contributed by atoms with E-state index in [0.717, 1.165) is 0 Å². The topological polar surface area (TPSA) is 66.8 Å². The van der Waals surface area contributed by atoms with E-state index >= 15 is 0 Å². The van der Waals surface area contributed by atoms with E-state index in [0.29, 0.717) is 12.1 Å². The molecule has 22 heavy (non-hydrogen) atoms. The fourth-order valence-electron chi connectivity index (χ4n) is 2.51. The number of carbonyl (C=O) groups excluding carboxylic acids is 2. The van der Waals surface area contributed by atoms with Gasteiger partial charge in [-0.05, 0) is 26.3 Å². The van der Waals surface area contributed by atoms with E-state index in [2.05, 4.69) is 0 Å². The molecule has 0 unspecified atom stereocenters. The summed E-state index contributed by atoms with van der Waals surface area (Å²) in [6.45, 7) is 5.93. The molecule has 2 atom stereocenters. The fourth-order valence-corrected chi connectivity index (χ4v) is 2.51. The van der Waals surface area contributed by atoms with E-state index in [9.17, 15) is 14.7 Å². The lowest BCUT2D eigenvalue weighted by molar-refractivity contribution is -0.130. The van der Waals surface area contributed by atoms with E-state index in [1.54, 1.807) is 32.9 Å². The Balaban J connectivity index is 2.08. The van der Waals surface area contributed by atoms with Crippen LogP contribution in [0.25, 0.3) is 0 Å². The van der Waals surface area contributed by atoms with Crippen molar-refractivity contribution in [2.45, 2.75) is 38.9 Å². The van der Waals surface area contributed by atoms with E-state index in [1.807, 2.05) is 18.2 Å². The van der Waals surface area contributed by atoms with Gasteiger partial charge in [0, 0.05) is 19.5 Å². The summed E-state index contributed by atoms with van der Waals surface area (Å²) in [6.07, 6.45) is -1.10. The molecular formula is C17H23NO4. The molecule has 2 rings (SSSR count). The molecule has 1 aliphatic rings. The van der Waals surface area contributed by atoms with E-state index in [-0.39, 0.29) is 18.7 Å². The lowest BCUT2D eigenvalue weighted by Crippen LogP contribution is -2.47. The monoisotopic (exact) mass is 305 g/mol. The average Bonchev–Trinajstić information content (AvgIpc) is 2.46. The second-order valence-corrected chi connectivity index (χ2v) is 6.60. The van der Waals surface area contributed by atoms with Crippen LogP contribution in [0.15, 0.2) is 30.3 Å². The molecule has 1 aromatic rings. The Bertz CT molecular complexity index is 535. The van der Waals surface area contributed by atoms with E-state index < -0.39 is 23.7 Å². The lowest BCUT2D eigenvalue weighted by Gasteiger charge is -2.35. The summed E-state index contributed by atoms with van der Waals surface area (Å²) < 4.78 is 5.34. The summed E-state index contributed by atoms with van der Waals surface area (Å²) in [5.74, 6) is -0.625. The van der Waals surface area contributed by atoms with Gasteiger partial charge in [-0.25, -0.2) is 4.79 Å². The highest BCUT2D eigenvalue weighted by Crippen LogP contribution is 2.28. The number of benzene rings is 1. The standard InChI is InChI=1S/C17H23NO4/c1-17(2,3)22-16(21)18-10-9-14(19)13(11-18)15(20)12-7-5-4-6-8-12/h4-8,13,15,20H,9-11H2,1-3H3/t13-,15+/m1/s1. The molecule has 0 saturated carbocycles. The number of aliphatic hydroxyl groups excluding tert-OH is 1. The lowest BCUT2D eigenvalue weighted by atomic mass is 9.87. The Labute approximate surface area is 130 Å². The third-order valence-electron chi connectivity index (χ3n) is 3.63. The van der Waals surface area contributed by atoms with Crippen molar-refractivity contribution < 1.29 is 19.4 Å². The van der Waals surface area contributed by atoms with Crippen LogP contribution >= 0.6 is 0 Å². The van der Waals surface area contributed by atoms with Crippen LogP contribution < -0.4 is 0 Å². The van der Waals surface area contributed by atoms with Crippen LogP contribution in [0, 0.1) is 5.92 Å². The Kier molecular flexibility index (Phi) is 4.86. The molecule has 1 saturated heterocycles. The van der Waals surface area contributed by atoms with Gasteiger partial charge in [-0.1, -0.05) is 30.3 Å². The van der Waals surface area contributed by atoms with E-state index in [1.165, 1.54) is 4.90 Å². The van der Waals surface area contributed by atoms with Crippen LogP contribution in [0.4, 0.5) is 4.79 Å². The molecule has 0 aromatic heterocycles. The molecular weight excluding hydrogens is 282 g/mol. The summed E-state index contributed by atoms with van der Waals surface area (Å²) in [5.41, 5.74) is 0.110. The van der Waals surface area contributed by atoms with Crippen molar-refractivity contribution >= 4 is 11.9 Å². The first kappa shape index (κ1) is 16.5. The van der Waals surface area contributed by atoms with Crippen LogP contribution in [0.1, 0.15) is 38.9 Å². The van der Waals surface area contributed by atoms with Crippen LogP contribution in [-0.4, -0.2) is 40.6 Å². The van der Waals surface area contributed by atoms with E-state index in [4.69, 9.17) is 4.74 Å². The molecule has 1 aliphatic heterocycles. The molecule has 0 radical (unpaired) electrons. The van der Waals surface area contributed by atoms with Gasteiger partial charge < -0.3 is 14.7 Å². The zero-order valence-corrected chi connectivity index (χ0v) is 13.3. The van der Waals surface area contributed by atoms with Crippen LogP contribution in [0.2, 0.25) is 0 Å².